The number of rotatable bonds is 5. The van der Waals surface area contributed by atoms with Crippen molar-refractivity contribution in [2.45, 2.75) is 31.7 Å². The molecule has 0 bridgehead atoms. The number of hydrogen-bond acceptors (Lipinski definition) is 4. The number of nitrogens with zero attached hydrogens (tertiary/aromatic N) is 2. The Labute approximate surface area is 125 Å². The molecule has 21 heavy (non-hydrogen) atoms. The van der Waals surface area contributed by atoms with Gasteiger partial charge in [0, 0.05) is 6.54 Å². The summed E-state index contributed by atoms with van der Waals surface area (Å²) in [6, 6.07) is 8.98. The van der Waals surface area contributed by atoms with E-state index in [1.165, 1.54) is 4.31 Å². The summed E-state index contributed by atoms with van der Waals surface area (Å²) < 4.78 is 26.4. The molecule has 0 aromatic heterocycles. The van der Waals surface area contributed by atoms with Gasteiger partial charge in [-0.15, -0.1) is 0 Å². The maximum Gasteiger partial charge on any atom is 0.215 e. The molecule has 0 radical (unpaired) electrons. The van der Waals surface area contributed by atoms with Crippen molar-refractivity contribution in [1.29, 1.82) is 0 Å². The molecule has 3 N–H and O–H groups in total. The minimum atomic E-state index is -3.42. The predicted octanol–water partition coefficient (Wildman–Crippen LogP) is 1.16. The molecule has 116 valence electrons. The van der Waals surface area contributed by atoms with E-state index in [0.717, 1.165) is 18.4 Å². The Morgan fingerprint density at radius 1 is 1.33 bits per heavy atom. The molecule has 1 aliphatic heterocycles. The summed E-state index contributed by atoms with van der Waals surface area (Å²) in [5.74, 6) is 0.00431. The van der Waals surface area contributed by atoms with E-state index in [1.54, 1.807) is 0 Å². The SMILES string of the molecule is N/C(=N/O)C1CCCCN1S(=O)(=O)CCc1ccccc1. The zero-order chi connectivity index (χ0) is 15.3. The summed E-state index contributed by atoms with van der Waals surface area (Å²) in [7, 11) is -3.42. The first-order chi connectivity index (χ1) is 10.0. The van der Waals surface area contributed by atoms with E-state index >= 15 is 0 Å². The van der Waals surface area contributed by atoms with Gasteiger partial charge in [0.05, 0.1) is 11.8 Å². The fraction of sp³-hybridized carbons (Fsp3) is 0.500. The average molecular weight is 311 g/mol. The molecule has 2 rings (SSSR count). The van der Waals surface area contributed by atoms with Crippen molar-refractivity contribution >= 4 is 15.9 Å². The molecular formula is C14H21N3O3S. The molecule has 1 aromatic rings. The molecule has 1 aromatic carbocycles. The van der Waals surface area contributed by atoms with Crippen LogP contribution in [0.4, 0.5) is 0 Å². The Morgan fingerprint density at radius 2 is 2.05 bits per heavy atom. The van der Waals surface area contributed by atoms with Crippen LogP contribution in [0.1, 0.15) is 24.8 Å². The Balaban J connectivity index is 2.09. The normalized spacial score (nSPS) is 21.3. The third-order valence-electron chi connectivity index (χ3n) is 3.76. The van der Waals surface area contributed by atoms with E-state index in [9.17, 15) is 8.42 Å². The molecule has 1 fully saturated rings. The summed E-state index contributed by atoms with van der Waals surface area (Å²) in [6.07, 6.45) is 2.74. The van der Waals surface area contributed by atoms with Crippen molar-refractivity contribution < 1.29 is 13.6 Å². The van der Waals surface area contributed by atoms with Crippen LogP contribution >= 0.6 is 0 Å². The molecule has 0 amide bonds. The molecule has 0 saturated carbocycles. The maximum absolute atomic E-state index is 12.5. The summed E-state index contributed by atoms with van der Waals surface area (Å²) in [4.78, 5) is 0. The number of piperidine rings is 1. The lowest BCUT2D eigenvalue weighted by atomic mass is 10.0. The van der Waals surface area contributed by atoms with Crippen LogP contribution in [-0.2, 0) is 16.4 Å². The Bertz CT molecular complexity index is 587. The summed E-state index contributed by atoms with van der Waals surface area (Å²) in [5.41, 5.74) is 6.62. The van der Waals surface area contributed by atoms with Crippen LogP contribution in [0.2, 0.25) is 0 Å². The fourth-order valence-electron chi connectivity index (χ4n) is 2.61. The topological polar surface area (TPSA) is 96.0 Å². The van der Waals surface area contributed by atoms with Crippen molar-refractivity contribution in [2.24, 2.45) is 10.9 Å². The van der Waals surface area contributed by atoms with Gasteiger partial charge in [0.1, 0.15) is 0 Å². The Morgan fingerprint density at radius 3 is 2.71 bits per heavy atom. The Kier molecular flexibility index (Phi) is 5.19. The number of oxime groups is 1. The monoisotopic (exact) mass is 311 g/mol. The van der Waals surface area contributed by atoms with Gasteiger partial charge in [0.2, 0.25) is 10.0 Å². The number of aryl methyl sites for hydroxylation is 1. The summed E-state index contributed by atoms with van der Waals surface area (Å²) >= 11 is 0. The van der Waals surface area contributed by atoms with Crippen LogP contribution in [0.5, 0.6) is 0 Å². The van der Waals surface area contributed by atoms with Crippen LogP contribution in [0, 0.1) is 0 Å². The van der Waals surface area contributed by atoms with Gasteiger partial charge in [0.15, 0.2) is 5.84 Å². The van der Waals surface area contributed by atoms with Gasteiger partial charge in [0.25, 0.3) is 0 Å². The molecule has 1 heterocycles. The zero-order valence-electron chi connectivity index (χ0n) is 11.9. The number of benzene rings is 1. The number of hydrogen-bond donors (Lipinski definition) is 2. The van der Waals surface area contributed by atoms with Crippen molar-refractivity contribution in [3.8, 4) is 0 Å². The molecule has 6 nitrogen and oxygen atoms in total. The van der Waals surface area contributed by atoms with Crippen molar-refractivity contribution in [3.63, 3.8) is 0 Å². The smallest absolute Gasteiger partial charge is 0.215 e. The van der Waals surface area contributed by atoms with Crippen molar-refractivity contribution in [2.75, 3.05) is 12.3 Å². The van der Waals surface area contributed by atoms with Crippen LogP contribution in [-0.4, -0.2) is 42.1 Å². The lowest BCUT2D eigenvalue weighted by Gasteiger charge is -2.33. The second kappa shape index (κ2) is 6.91. The second-order valence-electron chi connectivity index (χ2n) is 5.20. The number of sulfonamides is 1. The molecule has 1 aliphatic rings. The highest BCUT2D eigenvalue weighted by molar-refractivity contribution is 7.89. The van der Waals surface area contributed by atoms with E-state index in [1.807, 2.05) is 30.3 Å². The molecule has 1 atom stereocenters. The van der Waals surface area contributed by atoms with Gasteiger partial charge < -0.3 is 10.9 Å². The molecule has 0 spiro atoms. The van der Waals surface area contributed by atoms with Gasteiger partial charge in [-0.1, -0.05) is 41.9 Å². The highest BCUT2D eigenvalue weighted by Gasteiger charge is 2.34. The Hall–Kier alpha value is -1.60. The second-order valence-corrected chi connectivity index (χ2v) is 7.24. The third kappa shape index (κ3) is 3.95. The highest BCUT2D eigenvalue weighted by Crippen LogP contribution is 2.21. The van der Waals surface area contributed by atoms with Gasteiger partial charge in [-0.3, -0.25) is 0 Å². The molecule has 7 heteroatoms. The number of nitrogens with two attached hydrogens (primary N) is 1. The van der Waals surface area contributed by atoms with E-state index in [0.29, 0.717) is 19.4 Å². The van der Waals surface area contributed by atoms with Gasteiger partial charge >= 0.3 is 0 Å². The van der Waals surface area contributed by atoms with Crippen LogP contribution < -0.4 is 5.73 Å². The lowest BCUT2D eigenvalue weighted by Crippen LogP contribution is -2.51. The third-order valence-corrected chi connectivity index (χ3v) is 5.63. The first-order valence-corrected chi connectivity index (χ1v) is 8.66. The van der Waals surface area contributed by atoms with Crippen molar-refractivity contribution in [1.82, 2.24) is 4.31 Å². The quantitative estimate of drug-likeness (QED) is 0.369. The predicted molar refractivity (Wildman–Crippen MR) is 81.7 cm³/mol. The molecule has 1 unspecified atom stereocenters. The van der Waals surface area contributed by atoms with Gasteiger partial charge in [-0.25, -0.2) is 8.42 Å². The summed E-state index contributed by atoms with van der Waals surface area (Å²) in [6.45, 7) is 0.429. The fourth-order valence-corrected chi connectivity index (χ4v) is 4.35. The zero-order valence-corrected chi connectivity index (χ0v) is 12.7. The standard InChI is InChI=1S/C14H21N3O3S/c15-14(16-18)13-8-4-5-10-17(13)21(19,20)11-9-12-6-2-1-3-7-12/h1-3,6-7,13,18H,4-5,8-11H2,(H2,15,16). The average Bonchev–Trinajstić information content (AvgIpc) is 2.53. The van der Waals surface area contributed by atoms with E-state index < -0.39 is 16.1 Å². The minimum absolute atomic E-state index is 0.0296. The van der Waals surface area contributed by atoms with Crippen LogP contribution in [0.25, 0.3) is 0 Å². The highest BCUT2D eigenvalue weighted by atomic mass is 32.2. The molecule has 1 saturated heterocycles. The molecular weight excluding hydrogens is 290 g/mol. The molecule has 0 aliphatic carbocycles. The maximum atomic E-state index is 12.5. The largest absolute Gasteiger partial charge is 0.409 e. The van der Waals surface area contributed by atoms with Crippen molar-refractivity contribution in [3.05, 3.63) is 35.9 Å². The van der Waals surface area contributed by atoms with Gasteiger partial charge in [-0.05, 0) is 24.8 Å². The van der Waals surface area contributed by atoms with E-state index in [-0.39, 0.29) is 11.6 Å². The summed E-state index contributed by atoms with van der Waals surface area (Å²) in [5, 5.41) is 11.8. The number of amidine groups is 1. The first-order valence-electron chi connectivity index (χ1n) is 7.05. The first kappa shape index (κ1) is 15.8. The minimum Gasteiger partial charge on any atom is -0.409 e. The van der Waals surface area contributed by atoms with Gasteiger partial charge in [-0.2, -0.15) is 4.31 Å². The van der Waals surface area contributed by atoms with E-state index in [2.05, 4.69) is 5.16 Å². The van der Waals surface area contributed by atoms with E-state index in [4.69, 9.17) is 10.9 Å². The lowest BCUT2D eigenvalue weighted by molar-refractivity contribution is 0.281. The van der Waals surface area contributed by atoms with Crippen LogP contribution in [0.3, 0.4) is 0 Å². The van der Waals surface area contributed by atoms with Crippen LogP contribution in [0.15, 0.2) is 35.5 Å².